The number of hydrogen-bond acceptors (Lipinski definition) is 2. The first-order valence-corrected chi connectivity index (χ1v) is 1.89. The van der Waals surface area contributed by atoms with E-state index in [1.165, 1.54) is 0 Å². The first kappa shape index (κ1) is 10.4. The van der Waals surface area contributed by atoms with E-state index in [4.69, 9.17) is 0 Å². The molecule has 0 aromatic rings. The SMILES string of the molecule is COCCOC.[Cu]. The van der Waals surface area contributed by atoms with Gasteiger partial charge in [-0.2, -0.15) is 0 Å². The van der Waals surface area contributed by atoms with Crippen molar-refractivity contribution in [2.75, 3.05) is 27.4 Å². The maximum absolute atomic E-state index is 4.66. The van der Waals surface area contributed by atoms with Crippen molar-refractivity contribution in [3.05, 3.63) is 0 Å². The molecule has 0 aromatic heterocycles. The Bertz CT molecular complexity index is 21.7. The van der Waals surface area contributed by atoms with Crippen molar-refractivity contribution < 1.29 is 26.5 Å². The van der Waals surface area contributed by atoms with Crippen molar-refractivity contribution in [3.63, 3.8) is 0 Å². The summed E-state index contributed by atoms with van der Waals surface area (Å²) in [6.45, 7) is 1.38. The molecule has 0 atom stereocenters. The van der Waals surface area contributed by atoms with Gasteiger partial charge in [0.25, 0.3) is 0 Å². The van der Waals surface area contributed by atoms with E-state index < -0.39 is 0 Å². The van der Waals surface area contributed by atoms with Gasteiger partial charge in [0.2, 0.25) is 0 Å². The van der Waals surface area contributed by atoms with Crippen molar-refractivity contribution in [1.82, 2.24) is 0 Å². The average Bonchev–Trinajstić information content (AvgIpc) is 1.61. The predicted octanol–water partition coefficient (Wildman–Crippen LogP) is 0.277. The second-order valence-electron chi connectivity index (χ2n) is 0.986. The topological polar surface area (TPSA) is 18.5 Å². The summed E-state index contributed by atoms with van der Waals surface area (Å²) < 4.78 is 9.31. The van der Waals surface area contributed by atoms with E-state index in [1.807, 2.05) is 0 Å². The minimum atomic E-state index is 0. The second kappa shape index (κ2) is 9.67. The van der Waals surface area contributed by atoms with E-state index in [0.29, 0.717) is 13.2 Å². The van der Waals surface area contributed by atoms with Crippen LogP contribution in [0.15, 0.2) is 0 Å². The maximum atomic E-state index is 4.66. The average molecular weight is 154 g/mol. The smallest absolute Gasteiger partial charge is 0.0696 e. The Hall–Kier alpha value is 0.439. The van der Waals surface area contributed by atoms with Crippen molar-refractivity contribution in [2.24, 2.45) is 0 Å². The first-order valence-electron chi connectivity index (χ1n) is 1.89. The molecule has 0 aromatic carbocycles. The summed E-state index contributed by atoms with van der Waals surface area (Å²) in [6, 6.07) is 0. The fraction of sp³-hybridized carbons (Fsp3) is 1.00. The largest absolute Gasteiger partial charge is 0.382 e. The Balaban J connectivity index is 0. The quantitative estimate of drug-likeness (QED) is 0.429. The normalized spacial score (nSPS) is 7.71. The molecule has 0 aliphatic heterocycles. The molecule has 0 heterocycles. The zero-order valence-corrected chi connectivity index (χ0v) is 5.47. The summed E-state index contributed by atoms with van der Waals surface area (Å²) in [5.74, 6) is 0. The van der Waals surface area contributed by atoms with Gasteiger partial charge in [0.05, 0.1) is 13.2 Å². The van der Waals surface area contributed by atoms with Crippen LogP contribution in [0.1, 0.15) is 0 Å². The molecule has 0 saturated heterocycles. The second-order valence-corrected chi connectivity index (χ2v) is 0.986. The number of hydrogen-bond donors (Lipinski definition) is 0. The van der Waals surface area contributed by atoms with Crippen LogP contribution in [0.3, 0.4) is 0 Å². The van der Waals surface area contributed by atoms with Gasteiger partial charge < -0.3 is 9.47 Å². The fourth-order valence-corrected chi connectivity index (χ4v) is 0.167. The molecular weight excluding hydrogens is 144 g/mol. The van der Waals surface area contributed by atoms with E-state index in [1.54, 1.807) is 14.2 Å². The van der Waals surface area contributed by atoms with Gasteiger partial charge in [0.15, 0.2) is 0 Å². The number of rotatable bonds is 3. The predicted molar refractivity (Wildman–Crippen MR) is 23.8 cm³/mol. The van der Waals surface area contributed by atoms with Crippen LogP contribution >= 0.6 is 0 Å². The molecule has 0 saturated carbocycles. The van der Waals surface area contributed by atoms with Crippen LogP contribution in [0.4, 0.5) is 0 Å². The van der Waals surface area contributed by atoms with Crippen molar-refractivity contribution >= 4 is 0 Å². The maximum Gasteiger partial charge on any atom is 0.0696 e. The fourth-order valence-electron chi connectivity index (χ4n) is 0.167. The molecule has 0 aliphatic rings. The standard InChI is InChI=1S/C4H10O2.Cu/c1-5-3-4-6-2;/h3-4H2,1-2H3;. The van der Waals surface area contributed by atoms with E-state index in [-0.39, 0.29) is 17.1 Å². The Labute approximate surface area is 54.7 Å². The zero-order chi connectivity index (χ0) is 4.83. The van der Waals surface area contributed by atoms with Crippen molar-refractivity contribution in [1.29, 1.82) is 0 Å². The third-order valence-corrected chi connectivity index (χ3v) is 0.492. The van der Waals surface area contributed by atoms with E-state index >= 15 is 0 Å². The molecule has 0 unspecified atom stereocenters. The number of methoxy groups -OCH3 is 2. The summed E-state index contributed by atoms with van der Waals surface area (Å²) in [5, 5.41) is 0. The molecule has 0 rings (SSSR count). The van der Waals surface area contributed by atoms with Gasteiger partial charge in [0, 0.05) is 31.3 Å². The van der Waals surface area contributed by atoms with Crippen LogP contribution in [-0.4, -0.2) is 27.4 Å². The minimum absolute atomic E-state index is 0. The van der Waals surface area contributed by atoms with Crippen LogP contribution in [-0.2, 0) is 26.5 Å². The van der Waals surface area contributed by atoms with Gasteiger partial charge in [-0.25, -0.2) is 0 Å². The van der Waals surface area contributed by atoms with Gasteiger partial charge in [0.1, 0.15) is 0 Å². The van der Waals surface area contributed by atoms with E-state index in [2.05, 4.69) is 9.47 Å². The zero-order valence-electron chi connectivity index (χ0n) is 4.53. The Kier molecular flexibility index (Phi) is 14.4. The molecule has 7 heavy (non-hydrogen) atoms. The van der Waals surface area contributed by atoms with Crippen LogP contribution in [0.25, 0.3) is 0 Å². The molecule has 0 fully saturated rings. The van der Waals surface area contributed by atoms with E-state index in [0.717, 1.165) is 0 Å². The van der Waals surface area contributed by atoms with Crippen LogP contribution < -0.4 is 0 Å². The van der Waals surface area contributed by atoms with Gasteiger partial charge in [-0.15, -0.1) is 0 Å². The molecule has 0 spiro atoms. The summed E-state index contributed by atoms with van der Waals surface area (Å²) in [7, 11) is 3.30. The molecule has 0 N–H and O–H groups in total. The van der Waals surface area contributed by atoms with Crippen LogP contribution in [0.5, 0.6) is 0 Å². The van der Waals surface area contributed by atoms with Crippen LogP contribution in [0, 0.1) is 0 Å². The minimum Gasteiger partial charge on any atom is -0.382 e. The van der Waals surface area contributed by atoms with Crippen LogP contribution in [0.2, 0.25) is 0 Å². The molecule has 1 radical (unpaired) electrons. The molecule has 0 bridgehead atoms. The van der Waals surface area contributed by atoms with E-state index in [9.17, 15) is 0 Å². The monoisotopic (exact) mass is 153 g/mol. The Morgan fingerprint density at radius 1 is 1.00 bits per heavy atom. The summed E-state index contributed by atoms with van der Waals surface area (Å²) >= 11 is 0. The third-order valence-electron chi connectivity index (χ3n) is 0.492. The van der Waals surface area contributed by atoms with Gasteiger partial charge in [-0.05, 0) is 0 Å². The molecule has 2 nitrogen and oxygen atoms in total. The summed E-state index contributed by atoms with van der Waals surface area (Å²) in [5.41, 5.74) is 0. The van der Waals surface area contributed by atoms with Crippen molar-refractivity contribution in [2.45, 2.75) is 0 Å². The first-order chi connectivity index (χ1) is 2.91. The Morgan fingerprint density at radius 2 is 1.29 bits per heavy atom. The molecule has 0 amide bonds. The van der Waals surface area contributed by atoms with Crippen molar-refractivity contribution in [3.8, 4) is 0 Å². The summed E-state index contributed by atoms with van der Waals surface area (Å²) in [6.07, 6.45) is 0. The number of ether oxygens (including phenoxy) is 2. The molecule has 3 heteroatoms. The molecule has 49 valence electrons. The Morgan fingerprint density at radius 3 is 1.43 bits per heavy atom. The summed E-state index contributed by atoms with van der Waals surface area (Å²) in [4.78, 5) is 0. The molecular formula is C4H10CuO2. The van der Waals surface area contributed by atoms with Gasteiger partial charge >= 0.3 is 0 Å². The van der Waals surface area contributed by atoms with Gasteiger partial charge in [-0.1, -0.05) is 0 Å². The molecule has 0 aliphatic carbocycles. The van der Waals surface area contributed by atoms with Gasteiger partial charge in [-0.3, -0.25) is 0 Å². The third kappa shape index (κ3) is 10.7.